The fourth-order valence-corrected chi connectivity index (χ4v) is 2.72. The summed E-state index contributed by atoms with van der Waals surface area (Å²) in [6.07, 6.45) is 6.68. The van der Waals surface area contributed by atoms with Crippen LogP contribution >= 0.6 is 0 Å². The van der Waals surface area contributed by atoms with Gasteiger partial charge in [0, 0.05) is 19.8 Å². The molecule has 0 saturated carbocycles. The van der Waals surface area contributed by atoms with Crippen LogP contribution in [0.15, 0.2) is 12.2 Å². The van der Waals surface area contributed by atoms with Gasteiger partial charge in [-0.3, -0.25) is 9.59 Å². The van der Waals surface area contributed by atoms with Crippen LogP contribution in [-0.4, -0.2) is 36.7 Å². The van der Waals surface area contributed by atoms with Gasteiger partial charge in [0.1, 0.15) is 0 Å². The van der Waals surface area contributed by atoms with E-state index in [0.717, 1.165) is 26.1 Å². The van der Waals surface area contributed by atoms with E-state index < -0.39 is 17.8 Å². The molecule has 2 rings (SSSR count). The topological polar surface area (TPSA) is 75.6 Å². The van der Waals surface area contributed by atoms with Crippen LogP contribution < -0.4 is 5.32 Å². The number of carbonyl (C=O) groups is 2. The Kier molecular flexibility index (Phi) is 4.96. The van der Waals surface area contributed by atoms with Crippen LogP contribution in [0.25, 0.3) is 0 Å². The molecule has 5 nitrogen and oxygen atoms in total. The third kappa shape index (κ3) is 3.80. The minimum Gasteiger partial charge on any atom is -0.481 e. The van der Waals surface area contributed by atoms with Gasteiger partial charge in [-0.2, -0.15) is 0 Å². The summed E-state index contributed by atoms with van der Waals surface area (Å²) in [5.41, 5.74) is 0. The largest absolute Gasteiger partial charge is 0.481 e. The first-order valence-electron chi connectivity index (χ1n) is 6.91. The van der Waals surface area contributed by atoms with Crippen LogP contribution in [0.3, 0.4) is 0 Å². The molecular formula is C14H21NO4. The maximum Gasteiger partial charge on any atom is 0.307 e. The number of aliphatic carboxylic acids is 1. The molecule has 0 spiro atoms. The van der Waals surface area contributed by atoms with Gasteiger partial charge in [-0.25, -0.2) is 0 Å². The highest BCUT2D eigenvalue weighted by molar-refractivity contribution is 5.85. The lowest BCUT2D eigenvalue weighted by atomic mass is 9.82. The molecule has 3 atom stereocenters. The highest BCUT2D eigenvalue weighted by Crippen LogP contribution is 2.26. The fraction of sp³-hybridized carbons (Fsp3) is 0.714. The Labute approximate surface area is 113 Å². The number of carboxylic acid groups (broad SMARTS) is 1. The summed E-state index contributed by atoms with van der Waals surface area (Å²) < 4.78 is 5.28. The first-order valence-corrected chi connectivity index (χ1v) is 6.91. The van der Waals surface area contributed by atoms with Crippen molar-refractivity contribution in [2.75, 3.05) is 19.8 Å². The molecule has 0 aromatic heterocycles. The summed E-state index contributed by atoms with van der Waals surface area (Å²) in [5, 5.41) is 12.0. The maximum absolute atomic E-state index is 12.0. The van der Waals surface area contributed by atoms with Crippen LogP contribution in [0.2, 0.25) is 0 Å². The van der Waals surface area contributed by atoms with Crippen molar-refractivity contribution < 1.29 is 19.4 Å². The third-order valence-electron chi connectivity index (χ3n) is 3.96. The molecular weight excluding hydrogens is 246 g/mol. The van der Waals surface area contributed by atoms with Crippen molar-refractivity contribution in [3.05, 3.63) is 12.2 Å². The van der Waals surface area contributed by atoms with Gasteiger partial charge in [0.25, 0.3) is 0 Å². The van der Waals surface area contributed by atoms with Crippen molar-refractivity contribution in [1.82, 2.24) is 5.32 Å². The Hall–Kier alpha value is -1.36. The molecule has 5 heteroatoms. The van der Waals surface area contributed by atoms with Gasteiger partial charge in [0.2, 0.25) is 5.91 Å². The van der Waals surface area contributed by atoms with Crippen molar-refractivity contribution in [3.63, 3.8) is 0 Å². The van der Waals surface area contributed by atoms with E-state index >= 15 is 0 Å². The Balaban J connectivity index is 1.77. The third-order valence-corrected chi connectivity index (χ3v) is 3.96. The number of carboxylic acids is 1. The molecule has 0 aromatic carbocycles. The van der Waals surface area contributed by atoms with Gasteiger partial charge >= 0.3 is 5.97 Å². The first-order chi connectivity index (χ1) is 9.18. The molecule has 2 N–H and O–H groups in total. The average molecular weight is 267 g/mol. The Morgan fingerprint density at radius 2 is 2.00 bits per heavy atom. The molecule has 19 heavy (non-hydrogen) atoms. The average Bonchev–Trinajstić information content (AvgIpc) is 2.91. The van der Waals surface area contributed by atoms with Crippen LogP contribution in [0.1, 0.15) is 25.7 Å². The van der Waals surface area contributed by atoms with Gasteiger partial charge in [0.05, 0.1) is 11.8 Å². The molecule has 2 aliphatic rings. The van der Waals surface area contributed by atoms with Gasteiger partial charge in [-0.05, 0) is 31.6 Å². The van der Waals surface area contributed by atoms with E-state index in [9.17, 15) is 9.59 Å². The highest BCUT2D eigenvalue weighted by Gasteiger charge is 2.33. The summed E-state index contributed by atoms with van der Waals surface area (Å²) in [6.45, 7) is 2.20. The molecule has 1 amide bonds. The smallest absolute Gasteiger partial charge is 0.307 e. The van der Waals surface area contributed by atoms with E-state index in [-0.39, 0.29) is 5.91 Å². The van der Waals surface area contributed by atoms with Crippen molar-refractivity contribution in [1.29, 1.82) is 0 Å². The lowest BCUT2D eigenvalue weighted by molar-refractivity contribution is -0.147. The molecule has 0 aromatic rings. The number of ether oxygens (including phenoxy) is 1. The molecule has 0 radical (unpaired) electrons. The zero-order chi connectivity index (χ0) is 13.7. The van der Waals surface area contributed by atoms with E-state index in [1.54, 1.807) is 0 Å². The van der Waals surface area contributed by atoms with Crippen LogP contribution in [0, 0.1) is 17.8 Å². The van der Waals surface area contributed by atoms with E-state index in [0.29, 0.717) is 25.3 Å². The number of rotatable bonds is 5. The summed E-state index contributed by atoms with van der Waals surface area (Å²) >= 11 is 0. The number of allylic oxidation sites excluding steroid dienone is 2. The number of amides is 1. The van der Waals surface area contributed by atoms with Crippen LogP contribution in [0.5, 0.6) is 0 Å². The fourth-order valence-electron chi connectivity index (χ4n) is 2.72. The van der Waals surface area contributed by atoms with Crippen molar-refractivity contribution in [3.8, 4) is 0 Å². The molecule has 1 fully saturated rings. The predicted molar refractivity (Wildman–Crippen MR) is 69.5 cm³/mol. The summed E-state index contributed by atoms with van der Waals surface area (Å²) in [6, 6.07) is 0. The quantitative estimate of drug-likeness (QED) is 0.734. The molecule has 1 saturated heterocycles. The van der Waals surface area contributed by atoms with Gasteiger partial charge in [0.15, 0.2) is 0 Å². The molecule has 1 aliphatic carbocycles. The zero-order valence-electron chi connectivity index (χ0n) is 11.0. The number of hydrogen-bond acceptors (Lipinski definition) is 3. The van der Waals surface area contributed by atoms with Crippen LogP contribution in [0.4, 0.5) is 0 Å². The lowest BCUT2D eigenvalue weighted by Gasteiger charge is -2.24. The zero-order valence-corrected chi connectivity index (χ0v) is 11.0. The minimum atomic E-state index is -0.881. The Morgan fingerprint density at radius 3 is 2.63 bits per heavy atom. The number of carbonyl (C=O) groups excluding carboxylic acids is 1. The minimum absolute atomic E-state index is 0.129. The second-order valence-corrected chi connectivity index (χ2v) is 5.30. The normalized spacial score (nSPS) is 30.2. The van der Waals surface area contributed by atoms with E-state index in [1.165, 1.54) is 0 Å². The summed E-state index contributed by atoms with van der Waals surface area (Å²) in [7, 11) is 0. The van der Waals surface area contributed by atoms with E-state index in [2.05, 4.69) is 5.32 Å². The Morgan fingerprint density at radius 1 is 1.26 bits per heavy atom. The molecule has 1 heterocycles. The van der Waals surface area contributed by atoms with E-state index in [1.807, 2.05) is 12.2 Å². The Bertz CT molecular complexity index is 360. The monoisotopic (exact) mass is 267 g/mol. The van der Waals surface area contributed by atoms with Crippen molar-refractivity contribution in [2.45, 2.75) is 25.7 Å². The molecule has 0 bridgehead atoms. The summed E-state index contributed by atoms with van der Waals surface area (Å²) in [4.78, 5) is 23.2. The second kappa shape index (κ2) is 6.70. The predicted octanol–water partition coefficient (Wildman–Crippen LogP) is 1.20. The maximum atomic E-state index is 12.0. The first kappa shape index (κ1) is 14.1. The standard InChI is InChI=1S/C14H21NO4/c16-13(15-7-5-10-6-8-19-9-10)11-3-1-2-4-12(11)14(17)18/h1-2,10-12H,3-9H2,(H,15,16)(H,17,18)/t10?,11-,12+/m1/s1. The van der Waals surface area contributed by atoms with Gasteiger partial charge in [-0.1, -0.05) is 12.2 Å². The number of nitrogens with one attached hydrogen (secondary N) is 1. The van der Waals surface area contributed by atoms with Gasteiger partial charge < -0.3 is 15.2 Å². The molecule has 106 valence electrons. The van der Waals surface area contributed by atoms with Crippen molar-refractivity contribution in [2.24, 2.45) is 17.8 Å². The molecule has 1 aliphatic heterocycles. The lowest BCUT2D eigenvalue weighted by Crippen LogP contribution is -2.39. The van der Waals surface area contributed by atoms with Crippen LogP contribution in [-0.2, 0) is 14.3 Å². The second-order valence-electron chi connectivity index (χ2n) is 5.30. The highest BCUT2D eigenvalue weighted by atomic mass is 16.5. The SMILES string of the molecule is O=C(O)[C@H]1CC=CC[C@H]1C(=O)NCCC1CCOC1. The molecule has 1 unspecified atom stereocenters. The van der Waals surface area contributed by atoms with E-state index in [4.69, 9.17) is 9.84 Å². The van der Waals surface area contributed by atoms with Crippen molar-refractivity contribution >= 4 is 11.9 Å². The number of hydrogen-bond donors (Lipinski definition) is 2. The van der Waals surface area contributed by atoms with Gasteiger partial charge in [-0.15, -0.1) is 0 Å². The summed E-state index contributed by atoms with van der Waals surface area (Å²) in [5.74, 6) is -1.49.